The summed E-state index contributed by atoms with van der Waals surface area (Å²) in [6.45, 7) is 3.54. The number of methoxy groups -OCH3 is 1. The van der Waals surface area contributed by atoms with Gasteiger partial charge in [0.2, 0.25) is 10.0 Å². The first-order valence-electron chi connectivity index (χ1n) is 5.62. The lowest BCUT2D eigenvalue weighted by molar-refractivity contribution is 0.136. The van der Waals surface area contributed by atoms with Gasteiger partial charge in [-0.25, -0.2) is 13.1 Å². The zero-order valence-corrected chi connectivity index (χ0v) is 13.1. The second kappa shape index (κ2) is 6.65. The minimum absolute atomic E-state index is 0.0398. The van der Waals surface area contributed by atoms with E-state index in [-0.39, 0.29) is 17.9 Å². The van der Waals surface area contributed by atoms with Gasteiger partial charge in [-0.15, -0.1) is 0 Å². The molecule has 0 amide bonds. The summed E-state index contributed by atoms with van der Waals surface area (Å²) in [4.78, 5) is 0. The van der Waals surface area contributed by atoms with E-state index < -0.39 is 10.0 Å². The third-order valence-electron chi connectivity index (χ3n) is 2.56. The van der Waals surface area contributed by atoms with E-state index in [9.17, 15) is 8.42 Å². The lowest BCUT2D eigenvalue weighted by Gasteiger charge is -2.16. The van der Waals surface area contributed by atoms with Crippen molar-refractivity contribution in [2.45, 2.75) is 26.0 Å². The van der Waals surface area contributed by atoms with E-state index in [2.05, 4.69) is 20.7 Å². The summed E-state index contributed by atoms with van der Waals surface area (Å²) in [6, 6.07) is 7.29. The quantitative estimate of drug-likeness (QED) is 0.868. The zero-order valence-electron chi connectivity index (χ0n) is 10.7. The molecule has 0 fully saturated rings. The molecule has 0 aromatic heterocycles. The highest BCUT2D eigenvalue weighted by molar-refractivity contribution is 9.10. The van der Waals surface area contributed by atoms with Crippen molar-refractivity contribution in [3.05, 3.63) is 34.3 Å². The maximum absolute atomic E-state index is 11.9. The number of benzene rings is 1. The molecule has 102 valence electrons. The molecule has 0 unspecified atom stereocenters. The number of ether oxygens (including phenoxy) is 1. The van der Waals surface area contributed by atoms with E-state index in [1.54, 1.807) is 6.92 Å². The van der Waals surface area contributed by atoms with Crippen LogP contribution in [0.3, 0.4) is 0 Å². The highest BCUT2D eigenvalue weighted by Crippen LogP contribution is 2.18. The molecular formula is C12H18BrNO3S. The molecule has 1 rings (SSSR count). The van der Waals surface area contributed by atoms with Crippen LogP contribution >= 0.6 is 15.9 Å². The molecule has 4 nitrogen and oxygen atoms in total. The number of halogens is 1. The van der Waals surface area contributed by atoms with E-state index in [1.165, 1.54) is 7.11 Å². The van der Waals surface area contributed by atoms with Crippen molar-refractivity contribution >= 4 is 26.0 Å². The van der Waals surface area contributed by atoms with Crippen LogP contribution in [0.5, 0.6) is 0 Å². The van der Waals surface area contributed by atoms with Crippen LogP contribution in [0.15, 0.2) is 28.7 Å². The molecule has 0 saturated carbocycles. The molecule has 0 aliphatic carbocycles. The second-order valence-electron chi connectivity index (χ2n) is 4.22. The molecule has 1 aromatic rings. The minimum Gasteiger partial charge on any atom is -0.381 e. The van der Waals surface area contributed by atoms with Gasteiger partial charge in [0, 0.05) is 17.6 Å². The maximum Gasteiger partial charge on any atom is 0.214 e. The van der Waals surface area contributed by atoms with Crippen LogP contribution in [-0.2, 0) is 14.8 Å². The van der Waals surface area contributed by atoms with Gasteiger partial charge in [0.05, 0.1) is 11.9 Å². The zero-order chi connectivity index (χ0) is 13.8. The van der Waals surface area contributed by atoms with Crippen molar-refractivity contribution < 1.29 is 13.2 Å². The first-order chi connectivity index (χ1) is 8.34. The fourth-order valence-electron chi connectivity index (χ4n) is 1.54. The molecule has 0 radical (unpaired) electrons. The molecule has 0 aliphatic rings. The first-order valence-corrected chi connectivity index (χ1v) is 8.07. The summed E-state index contributed by atoms with van der Waals surface area (Å²) in [5.74, 6) is -0.0398. The molecule has 1 aromatic carbocycles. The van der Waals surface area contributed by atoms with Gasteiger partial charge in [-0.05, 0) is 31.5 Å². The predicted molar refractivity (Wildman–Crippen MR) is 76.0 cm³/mol. The Morgan fingerprint density at radius 1 is 1.39 bits per heavy atom. The normalized spacial score (nSPS) is 15.3. The van der Waals surface area contributed by atoms with Gasteiger partial charge in [0.1, 0.15) is 0 Å². The molecule has 0 bridgehead atoms. The number of nitrogens with one attached hydrogen (secondary N) is 1. The van der Waals surface area contributed by atoms with Gasteiger partial charge in [0.25, 0.3) is 0 Å². The SMILES string of the molecule is CO[C@H](C)CS(=O)(=O)N[C@H](C)c1cccc(Br)c1. The van der Waals surface area contributed by atoms with Crippen molar-refractivity contribution in [3.63, 3.8) is 0 Å². The number of sulfonamides is 1. The van der Waals surface area contributed by atoms with Gasteiger partial charge in [-0.3, -0.25) is 0 Å². The number of rotatable bonds is 6. The minimum atomic E-state index is -3.34. The van der Waals surface area contributed by atoms with Gasteiger partial charge < -0.3 is 4.74 Å². The lowest BCUT2D eigenvalue weighted by Crippen LogP contribution is -2.33. The van der Waals surface area contributed by atoms with Crippen LogP contribution in [0.25, 0.3) is 0 Å². The monoisotopic (exact) mass is 335 g/mol. The molecule has 2 atom stereocenters. The number of hydrogen-bond donors (Lipinski definition) is 1. The van der Waals surface area contributed by atoms with E-state index in [0.717, 1.165) is 10.0 Å². The topological polar surface area (TPSA) is 55.4 Å². The fraction of sp³-hybridized carbons (Fsp3) is 0.500. The Hall–Kier alpha value is -0.430. The Morgan fingerprint density at radius 3 is 2.61 bits per heavy atom. The van der Waals surface area contributed by atoms with Crippen molar-refractivity contribution in [3.8, 4) is 0 Å². The van der Waals surface area contributed by atoms with Crippen LogP contribution < -0.4 is 4.72 Å². The van der Waals surface area contributed by atoms with E-state index in [4.69, 9.17) is 4.74 Å². The third kappa shape index (κ3) is 5.06. The van der Waals surface area contributed by atoms with Crippen molar-refractivity contribution in [1.82, 2.24) is 4.72 Å². The summed E-state index contributed by atoms with van der Waals surface area (Å²) >= 11 is 3.36. The van der Waals surface area contributed by atoms with Crippen LogP contribution in [0.2, 0.25) is 0 Å². The molecule has 0 spiro atoms. The second-order valence-corrected chi connectivity index (χ2v) is 6.94. The fourth-order valence-corrected chi connectivity index (χ4v) is 3.48. The smallest absolute Gasteiger partial charge is 0.214 e. The Morgan fingerprint density at radius 2 is 2.06 bits per heavy atom. The standard InChI is InChI=1S/C12H18BrNO3S/c1-9(17-3)8-18(15,16)14-10(2)11-5-4-6-12(13)7-11/h4-7,9-10,14H,8H2,1-3H3/t9-,10-/m1/s1. The number of hydrogen-bond acceptors (Lipinski definition) is 3. The first kappa shape index (κ1) is 15.6. The van der Waals surface area contributed by atoms with Gasteiger partial charge in [-0.1, -0.05) is 28.1 Å². The van der Waals surface area contributed by atoms with Crippen LogP contribution in [-0.4, -0.2) is 27.4 Å². The van der Waals surface area contributed by atoms with Gasteiger partial charge >= 0.3 is 0 Å². The Kier molecular flexibility index (Phi) is 5.78. The van der Waals surface area contributed by atoms with E-state index >= 15 is 0 Å². The third-order valence-corrected chi connectivity index (χ3v) is 4.68. The molecule has 0 aliphatic heterocycles. The Bertz CT molecular complexity index is 490. The largest absolute Gasteiger partial charge is 0.381 e. The lowest BCUT2D eigenvalue weighted by atomic mass is 10.1. The van der Waals surface area contributed by atoms with Gasteiger partial charge in [-0.2, -0.15) is 0 Å². The van der Waals surface area contributed by atoms with Crippen LogP contribution in [0, 0.1) is 0 Å². The molecule has 18 heavy (non-hydrogen) atoms. The van der Waals surface area contributed by atoms with Crippen molar-refractivity contribution in [1.29, 1.82) is 0 Å². The van der Waals surface area contributed by atoms with E-state index in [0.29, 0.717) is 0 Å². The average Bonchev–Trinajstić information content (AvgIpc) is 2.27. The Balaban J connectivity index is 2.72. The highest BCUT2D eigenvalue weighted by atomic mass is 79.9. The van der Waals surface area contributed by atoms with Crippen molar-refractivity contribution in [2.24, 2.45) is 0 Å². The molecular weight excluding hydrogens is 318 g/mol. The summed E-state index contributed by atoms with van der Waals surface area (Å²) in [7, 11) is -1.85. The van der Waals surface area contributed by atoms with Crippen molar-refractivity contribution in [2.75, 3.05) is 12.9 Å². The summed E-state index contributed by atoms with van der Waals surface area (Å²) in [5, 5.41) is 0. The Labute approximate surface area is 117 Å². The average molecular weight is 336 g/mol. The van der Waals surface area contributed by atoms with Crippen LogP contribution in [0.1, 0.15) is 25.5 Å². The molecule has 0 saturated heterocycles. The van der Waals surface area contributed by atoms with Crippen LogP contribution in [0.4, 0.5) is 0 Å². The molecule has 1 N–H and O–H groups in total. The summed E-state index contributed by atoms with van der Waals surface area (Å²) < 4.78 is 32.3. The molecule has 0 heterocycles. The van der Waals surface area contributed by atoms with E-state index in [1.807, 2.05) is 31.2 Å². The predicted octanol–water partition coefficient (Wildman–Crippen LogP) is 2.46. The summed E-state index contributed by atoms with van der Waals surface area (Å²) in [5.41, 5.74) is 0.915. The highest BCUT2D eigenvalue weighted by Gasteiger charge is 2.18. The molecule has 6 heteroatoms. The summed E-state index contributed by atoms with van der Waals surface area (Å²) in [6.07, 6.45) is -0.322. The van der Waals surface area contributed by atoms with Gasteiger partial charge in [0.15, 0.2) is 0 Å². The maximum atomic E-state index is 11.9.